The van der Waals surface area contributed by atoms with Crippen molar-refractivity contribution in [3.8, 4) is 0 Å². The first-order valence-corrected chi connectivity index (χ1v) is 8.21. The van der Waals surface area contributed by atoms with Gasteiger partial charge in [-0.3, -0.25) is 0 Å². The second-order valence-corrected chi connectivity index (χ2v) is 7.17. The van der Waals surface area contributed by atoms with Gasteiger partial charge in [0.25, 0.3) is 0 Å². The van der Waals surface area contributed by atoms with E-state index in [-0.39, 0.29) is 0 Å². The van der Waals surface area contributed by atoms with Crippen molar-refractivity contribution in [1.29, 1.82) is 0 Å². The monoisotopic (exact) mass is 249 g/mol. The molecule has 4 aliphatic rings. The minimum Gasteiger partial charge on any atom is -0.381 e. The minimum absolute atomic E-state index is 0.783. The van der Waals surface area contributed by atoms with Crippen molar-refractivity contribution in [2.24, 2.45) is 35.5 Å². The number of fused-ring (bicyclic) bond motifs is 5. The normalized spacial score (nSPS) is 50.5. The summed E-state index contributed by atoms with van der Waals surface area (Å²) in [6.07, 6.45) is 7.23. The molecule has 4 fully saturated rings. The lowest BCUT2D eigenvalue weighted by atomic mass is 9.88. The van der Waals surface area contributed by atoms with Crippen LogP contribution in [0, 0.1) is 35.5 Å². The predicted octanol–water partition coefficient (Wildman–Crippen LogP) is 2.68. The molecule has 0 amide bonds. The predicted molar refractivity (Wildman–Crippen MR) is 72.3 cm³/mol. The van der Waals surface area contributed by atoms with Gasteiger partial charge in [0.2, 0.25) is 0 Å². The molecule has 0 aromatic carbocycles. The van der Waals surface area contributed by atoms with Gasteiger partial charge in [-0.15, -0.1) is 0 Å². The van der Waals surface area contributed by atoms with Crippen LogP contribution in [0.2, 0.25) is 0 Å². The fraction of sp³-hybridized carbons (Fsp3) is 1.00. The Morgan fingerprint density at radius 3 is 2.56 bits per heavy atom. The molecule has 2 bridgehead atoms. The van der Waals surface area contributed by atoms with Crippen LogP contribution in [0.4, 0.5) is 0 Å². The third kappa shape index (κ3) is 1.68. The molecule has 1 saturated heterocycles. The lowest BCUT2D eigenvalue weighted by molar-refractivity contribution is 0.169. The van der Waals surface area contributed by atoms with E-state index in [4.69, 9.17) is 4.74 Å². The number of hydrogen-bond donors (Lipinski definition) is 1. The summed E-state index contributed by atoms with van der Waals surface area (Å²) in [5.74, 6) is 6.27. The van der Waals surface area contributed by atoms with E-state index in [0.717, 1.165) is 54.8 Å². The number of nitrogens with one attached hydrogen (secondary N) is 1. The fourth-order valence-corrected chi connectivity index (χ4v) is 5.64. The van der Waals surface area contributed by atoms with E-state index in [1.807, 2.05) is 0 Å². The van der Waals surface area contributed by atoms with E-state index >= 15 is 0 Å². The van der Waals surface area contributed by atoms with Crippen LogP contribution in [0.3, 0.4) is 0 Å². The number of ether oxygens (including phenoxy) is 1. The zero-order valence-corrected chi connectivity index (χ0v) is 11.6. The van der Waals surface area contributed by atoms with E-state index in [9.17, 15) is 0 Å². The van der Waals surface area contributed by atoms with Crippen LogP contribution in [0.25, 0.3) is 0 Å². The zero-order valence-electron chi connectivity index (χ0n) is 11.6. The summed E-state index contributed by atoms with van der Waals surface area (Å²) in [5, 5.41) is 3.89. The van der Waals surface area contributed by atoms with E-state index in [1.165, 1.54) is 19.4 Å². The molecule has 4 rings (SSSR count). The lowest BCUT2D eigenvalue weighted by Gasteiger charge is -2.26. The second kappa shape index (κ2) is 4.49. The van der Waals surface area contributed by atoms with Gasteiger partial charge >= 0.3 is 0 Å². The molecule has 0 spiro atoms. The van der Waals surface area contributed by atoms with Gasteiger partial charge in [0, 0.05) is 18.6 Å². The van der Waals surface area contributed by atoms with Gasteiger partial charge in [-0.05, 0) is 68.2 Å². The molecule has 2 nitrogen and oxygen atoms in total. The summed E-state index contributed by atoms with van der Waals surface area (Å²) in [7, 11) is 0. The maximum atomic E-state index is 5.65. The number of hydrogen-bond acceptors (Lipinski definition) is 2. The molecular weight excluding hydrogens is 222 g/mol. The number of rotatable bonds is 5. The molecule has 18 heavy (non-hydrogen) atoms. The Morgan fingerprint density at radius 2 is 1.94 bits per heavy atom. The van der Waals surface area contributed by atoms with Gasteiger partial charge in [0.15, 0.2) is 0 Å². The first-order valence-electron chi connectivity index (χ1n) is 8.21. The van der Waals surface area contributed by atoms with Crippen LogP contribution in [0.1, 0.15) is 39.0 Å². The quantitative estimate of drug-likeness (QED) is 0.809. The summed E-state index contributed by atoms with van der Waals surface area (Å²) >= 11 is 0. The average Bonchev–Trinajstić information content (AvgIpc) is 2.85. The molecule has 6 unspecified atom stereocenters. The Balaban J connectivity index is 1.46. The van der Waals surface area contributed by atoms with Crippen LogP contribution < -0.4 is 5.32 Å². The molecule has 0 aromatic heterocycles. The van der Waals surface area contributed by atoms with Gasteiger partial charge in [-0.2, -0.15) is 0 Å². The van der Waals surface area contributed by atoms with Crippen molar-refractivity contribution in [2.45, 2.75) is 45.1 Å². The van der Waals surface area contributed by atoms with Crippen molar-refractivity contribution in [2.75, 3.05) is 19.8 Å². The van der Waals surface area contributed by atoms with E-state index in [1.54, 1.807) is 19.3 Å². The van der Waals surface area contributed by atoms with Gasteiger partial charge in [0.05, 0.1) is 6.61 Å². The highest BCUT2D eigenvalue weighted by Gasteiger charge is 2.67. The van der Waals surface area contributed by atoms with Crippen molar-refractivity contribution in [3.05, 3.63) is 0 Å². The highest BCUT2D eigenvalue weighted by atomic mass is 16.5. The molecule has 1 N–H and O–H groups in total. The SMILES string of the molecule is CCCNC(C1CCOC1)C1C2C3CCC(C3)C21. The van der Waals surface area contributed by atoms with E-state index in [0.29, 0.717) is 0 Å². The van der Waals surface area contributed by atoms with Gasteiger partial charge in [-0.25, -0.2) is 0 Å². The highest BCUT2D eigenvalue weighted by Crippen LogP contribution is 2.70. The third-order valence-electron chi connectivity index (χ3n) is 6.31. The first-order chi connectivity index (χ1) is 8.90. The third-order valence-corrected chi connectivity index (χ3v) is 6.31. The van der Waals surface area contributed by atoms with Crippen LogP contribution in [0.15, 0.2) is 0 Å². The minimum atomic E-state index is 0.783. The van der Waals surface area contributed by atoms with Gasteiger partial charge in [0.1, 0.15) is 0 Å². The first kappa shape index (κ1) is 11.7. The maximum Gasteiger partial charge on any atom is 0.0510 e. The van der Waals surface area contributed by atoms with Crippen molar-refractivity contribution >= 4 is 0 Å². The molecule has 1 heterocycles. The standard InChI is InChI=1S/C16H27NO/c1-2-6-17-16(12-5-7-18-9-12)15-13-10-3-4-11(8-10)14(13)15/h10-17H,2-9H2,1H3. The molecule has 0 radical (unpaired) electrons. The molecule has 3 aliphatic carbocycles. The smallest absolute Gasteiger partial charge is 0.0510 e. The molecule has 0 aromatic rings. The van der Waals surface area contributed by atoms with Crippen LogP contribution in [0.5, 0.6) is 0 Å². The fourth-order valence-electron chi connectivity index (χ4n) is 5.64. The lowest BCUT2D eigenvalue weighted by Crippen LogP contribution is -2.40. The van der Waals surface area contributed by atoms with Gasteiger partial charge in [-0.1, -0.05) is 6.92 Å². The Bertz CT molecular complexity index is 296. The topological polar surface area (TPSA) is 21.3 Å². The maximum absolute atomic E-state index is 5.65. The molecule has 102 valence electrons. The van der Waals surface area contributed by atoms with E-state index in [2.05, 4.69) is 12.2 Å². The Hall–Kier alpha value is -0.0800. The second-order valence-electron chi connectivity index (χ2n) is 7.17. The molecule has 6 atom stereocenters. The average molecular weight is 249 g/mol. The Kier molecular flexibility index (Phi) is 2.92. The molecule has 2 heteroatoms. The van der Waals surface area contributed by atoms with Crippen LogP contribution in [-0.2, 0) is 4.74 Å². The van der Waals surface area contributed by atoms with E-state index < -0.39 is 0 Å². The zero-order chi connectivity index (χ0) is 12.1. The summed E-state index contributed by atoms with van der Waals surface area (Å²) in [6.45, 7) is 5.51. The van der Waals surface area contributed by atoms with Crippen molar-refractivity contribution in [1.82, 2.24) is 5.32 Å². The summed E-state index contributed by atoms with van der Waals surface area (Å²) in [6, 6.07) is 0.783. The Morgan fingerprint density at radius 1 is 1.17 bits per heavy atom. The highest BCUT2D eigenvalue weighted by molar-refractivity contribution is 5.16. The molecule has 1 aliphatic heterocycles. The Labute approximate surface area is 111 Å². The van der Waals surface area contributed by atoms with Gasteiger partial charge < -0.3 is 10.1 Å². The summed E-state index contributed by atoms with van der Waals surface area (Å²) < 4.78 is 5.65. The van der Waals surface area contributed by atoms with Crippen molar-refractivity contribution < 1.29 is 4.74 Å². The van der Waals surface area contributed by atoms with Crippen molar-refractivity contribution in [3.63, 3.8) is 0 Å². The van der Waals surface area contributed by atoms with Crippen LogP contribution >= 0.6 is 0 Å². The summed E-state index contributed by atoms with van der Waals surface area (Å²) in [5.41, 5.74) is 0. The largest absolute Gasteiger partial charge is 0.381 e. The summed E-state index contributed by atoms with van der Waals surface area (Å²) in [4.78, 5) is 0. The molecular formula is C16H27NO. The van der Waals surface area contributed by atoms with Crippen LogP contribution in [-0.4, -0.2) is 25.8 Å². The molecule has 3 saturated carbocycles.